The average Bonchev–Trinajstić information content (AvgIpc) is 2.64. The number of hydrogen-bond acceptors (Lipinski definition) is 5. The number of thiocarbonyl (C=S) groups is 1. The number of nitrogens with one attached hydrogen (secondary N) is 1. The third kappa shape index (κ3) is 3.73. The number of methoxy groups -OCH3 is 1. The van der Waals surface area contributed by atoms with Crippen LogP contribution in [-0.2, 0) is 0 Å². The normalized spacial score (nSPS) is 14.4. The monoisotopic (exact) mass is 343 g/mol. The van der Waals surface area contributed by atoms with Crippen LogP contribution in [-0.4, -0.2) is 53.3 Å². The molecule has 0 saturated carbocycles. The van der Waals surface area contributed by atoms with Gasteiger partial charge < -0.3 is 19.9 Å². The standard InChI is InChI=1S/C17H21N5OS/c1-13-12-14(23-2)4-5-15(13)20-17(24)22-10-8-21(9-11-22)16-18-6-3-7-19-16/h3-7,12H,8-11H2,1-2H3,(H,20,24). The molecule has 0 spiro atoms. The molecule has 0 unspecified atom stereocenters. The van der Waals surface area contributed by atoms with Gasteiger partial charge in [-0.05, 0) is 49.0 Å². The minimum Gasteiger partial charge on any atom is -0.497 e. The van der Waals surface area contributed by atoms with E-state index in [2.05, 4.69) is 25.1 Å². The van der Waals surface area contributed by atoms with Gasteiger partial charge in [-0.2, -0.15) is 0 Å². The van der Waals surface area contributed by atoms with Crippen molar-refractivity contribution in [2.75, 3.05) is 43.5 Å². The second kappa shape index (κ2) is 7.44. The van der Waals surface area contributed by atoms with Gasteiger partial charge in [-0.3, -0.25) is 0 Å². The van der Waals surface area contributed by atoms with Crippen molar-refractivity contribution >= 4 is 29.0 Å². The van der Waals surface area contributed by atoms with E-state index in [0.29, 0.717) is 0 Å². The van der Waals surface area contributed by atoms with Crippen LogP contribution in [0.5, 0.6) is 5.75 Å². The summed E-state index contributed by atoms with van der Waals surface area (Å²) >= 11 is 5.57. The van der Waals surface area contributed by atoms with Gasteiger partial charge in [0.2, 0.25) is 5.95 Å². The van der Waals surface area contributed by atoms with Crippen molar-refractivity contribution in [3.05, 3.63) is 42.2 Å². The van der Waals surface area contributed by atoms with Crippen molar-refractivity contribution in [1.29, 1.82) is 0 Å². The molecule has 1 aliphatic rings. The van der Waals surface area contributed by atoms with E-state index < -0.39 is 0 Å². The molecule has 1 aromatic heterocycles. The van der Waals surface area contributed by atoms with Crippen molar-refractivity contribution in [2.45, 2.75) is 6.92 Å². The zero-order valence-corrected chi connectivity index (χ0v) is 14.7. The zero-order valence-electron chi connectivity index (χ0n) is 13.9. The fourth-order valence-corrected chi connectivity index (χ4v) is 2.95. The highest BCUT2D eigenvalue weighted by Gasteiger charge is 2.20. The first kappa shape index (κ1) is 16.4. The predicted molar refractivity (Wildman–Crippen MR) is 99.8 cm³/mol. The fourth-order valence-electron chi connectivity index (χ4n) is 2.66. The van der Waals surface area contributed by atoms with E-state index in [-0.39, 0.29) is 0 Å². The molecule has 1 saturated heterocycles. The van der Waals surface area contributed by atoms with Crippen LogP contribution in [0.3, 0.4) is 0 Å². The molecule has 1 fully saturated rings. The Morgan fingerprint density at radius 1 is 1.17 bits per heavy atom. The number of aromatic nitrogens is 2. The lowest BCUT2D eigenvalue weighted by Gasteiger charge is -2.36. The summed E-state index contributed by atoms with van der Waals surface area (Å²) in [4.78, 5) is 13.0. The smallest absolute Gasteiger partial charge is 0.225 e. The first-order valence-electron chi connectivity index (χ1n) is 7.90. The second-order valence-electron chi connectivity index (χ2n) is 5.63. The lowest BCUT2D eigenvalue weighted by Crippen LogP contribution is -2.50. The van der Waals surface area contributed by atoms with Gasteiger partial charge >= 0.3 is 0 Å². The van der Waals surface area contributed by atoms with Crippen LogP contribution in [0.2, 0.25) is 0 Å². The van der Waals surface area contributed by atoms with Crippen molar-refractivity contribution in [2.24, 2.45) is 0 Å². The van der Waals surface area contributed by atoms with Crippen LogP contribution in [0.25, 0.3) is 0 Å². The van der Waals surface area contributed by atoms with Gasteiger partial charge in [0.05, 0.1) is 7.11 Å². The Kier molecular flexibility index (Phi) is 5.10. The number of hydrogen-bond donors (Lipinski definition) is 1. The second-order valence-corrected chi connectivity index (χ2v) is 6.02. The average molecular weight is 343 g/mol. The molecule has 24 heavy (non-hydrogen) atoms. The number of rotatable bonds is 3. The summed E-state index contributed by atoms with van der Waals surface area (Å²) in [7, 11) is 1.67. The molecule has 1 aromatic carbocycles. The van der Waals surface area contributed by atoms with Gasteiger partial charge in [0, 0.05) is 44.3 Å². The topological polar surface area (TPSA) is 53.5 Å². The molecule has 3 rings (SSSR count). The SMILES string of the molecule is COc1ccc(NC(=S)N2CCN(c3ncccn3)CC2)c(C)c1. The summed E-state index contributed by atoms with van der Waals surface area (Å²) in [5, 5.41) is 4.08. The third-order valence-corrected chi connectivity index (χ3v) is 4.44. The summed E-state index contributed by atoms with van der Waals surface area (Å²) in [5.41, 5.74) is 2.11. The Hall–Kier alpha value is -2.41. The molecule has 0 aliphatic carbocycles. The van der Waals surface area contributed by atoms with E-state index in [1.807, 2.05) is 31.2 Å². The van der Waals surface area contributed by atoms with E-state index in [1.165, 1.54) is 0 Å². The summed E-state index contributed by atoms with van der Waals surface area (Å²) in [5.74, 6) is 1.63. The minimum absolute atomic E-state index is 0.747. The molecule has 1 aliphatic heterocycles. The fraction of sp³-hybridized carbons (Fsp3) is 0.353. The van der Waals surface area contributed by atoms with E-state index in [1.54, 1.807) is 19.5 Å². The Morgan fingerprint density at radius 2 is 1.88 bits per heavy atom. The quantitative estimate of drug-likeness (QED) is 0.858. The molecule has 7 heteroatoms. The maximum Gasteiger partial charge on any atom is 0.225 e. The van der Waals surface area contributed by atoms with Crippen LogP contribution >= 0.6 is 12.2 Å². The molecule has 2 aromatic rings. The van der Waals surface area contributed by atoms with Crippen molar-refractivity contribution < 1.29 is 4.74 Å². The Bertz CT molecular complexity index is 701. The molecule has 0 bridgehead atoms. The summed E-state index contributed by atoms with van der Waals surface area (Å²) in [6.45, 7) is 5.44. The Morgan fingerprint density at radius 3 is 2.50 bits per heavy atom. The number of ether oxygens (including phenoxy) is 1. The largest absolute Gasteiger partial charge is 0.497 e. The maximum atomic E-state index is 5.57. The number of aryl methyl sites for hydroxylation is 1. The van der Waals surface area contributed by atoms with E-state index >= 15 is 0 Å². The first-order chi connectivity index (χ1) is 11.7. The Balaban J connectivity index is 1.57. The van der Waals surface area contributed by atoms with Crippen molar-refractivity contribution in [1.82, 2.24) is 14.9 Å². The maximum absolute atomic E-state index is 5.57. The van der Waals surface area contributed by atoms with E-state index in [4.69, 9.17) is 17.0 Å². The van der Waals surface area contributed by atoms with Gasteiger partial charge in [-0.1, -0.05) is 0 Å². The molecule has 0 atom stereocenters. The lowest BCUT2D eigenvalue weighted by atomic mass is 10.2. The zero-order chi connectivity index (χ0) is 16.9. The Labute approximate surface area is 147 Å². The van der Waals surface area contributed by atoms with Crippen molar-refractivity contribution in [3.63, 3.8) is 0 Å². The van der Waals surface area contributed by atoms with Crippen molar-refractivity contribution in [3.8, 4) is 5.75 Å². The first-order valence-corrected chi connectivity index (χ1v) is 8.31. The predicted octanol–water partition coefficient (Wildman–Crippen LogP) is 2.31. The summed E-state index contributed by atoms with van der Waals surface area (Å²) in [6.07, 6.45) is 3.54. The van der Waals surface area contributed by atoms with Crippen LogP contribution in [0.1, 0.15) is 5.56 Å². The van der Waals surface area contributed by atoms with Gasteiger partial charge in [-0.15, -0.1) is 0 Å². The van der Waals surface area contributed by atoms with Gasteiger partial charge in [-0.25, -0.2) is 9.97 Å². The van der Waals surface area contributed by atoms with Gasteiger partial charge in [0.25, 0.3) is 0 Å². The van der Waals surface area contributed by atoms with Gasteiger partial charge in [0.1, 0.15) is 5.75 Å². The highest BCUT2D eigenvalue weighted by Crippen LogP contribution is 2.21. The van der Waals surface area contributed by atoms with E-state index in [9.17, 15) is 0 Å². The van der Waals surface area contributed by atoms with Crippen LogP contribution in [0.4, 0.5) is 11.6 Å². The molecular weight excluding hydrogens is 322 g/mol. The molecule has 2 heterocycles. The number of anilines is 2. The highest BCUT2D eigenvalue weighted by atomic mass is 32.1. The molecule has 0 amide bonds. The summed E-state index contributed by atoms with van der Waals surface area (Å²) < 4.78 is 5.24. The van der Waals surface area contributed by atoms with Crippen LogP contribution in [0.15, 0.2) is 36.7 Å². The van der Waals surface area contributed by atoms with Crippen LogP contribution in [0, 0.1) is 6.92 Å². The highest BCUT2D eigenvalue weighted by molar-refractivity contribution is 7.80. The molecule has 0 radical (unpaired) electrons. The minimum atomic E-state index is 0.747. The van der Waals surface area contributed by atoms with E-state index in [0.717, 1.165) is 54.2 Å². The third-order valence-electron chi connectivity index (χ3n) is 4.08. The number of benzene rings is 1. The van der Waals surface area contributed by atoms with Gasteiger partial charge in [0.15, 0.2) is 5.11 Å². The number of nitrogens with zero attached hydrogens (tertiary/aromatic N) is 4. The molecule has 6 nitrogen and oxygen atoms in total. The molecule has 1 N–H and O–H groups in total. The lowest BCUT2D eigenvalue weighted by molar-refractivity contribution is 0.388. The van der Waals surface area contributed by atoms with Crippen LogP contribution < -0.4 is 15.0 Å². The number of piperazine rings is 1. The molecule has 126 valence electrons. The molecular formula is C17H21N5OS. The summed E-state index contributed by atoms with van der Waals surface area (Å²) in [6, 6.07) is 7.75.